The summed E-state index contributed by atoms with van der Waals surface area (Å²) in [4.78, 5) is 5.48. The topological polar surface area (TPSA) is 79.8 Å². The summed E-state index contributed by atoms with van der Waals surface area (Å²) in [5, 5.41) is 8.48. The van der Waals surface area contributed by atoms with Crippen molar-refractivity contribution in [3.63, 3.8) is 0 Å². The number of hydrogen-bond acceptors (Lipinski definition) is 5. The van der Waals surface area contributed by atoms with Crippen molar-refractivity contribution in [1.82, 2.24) is 10.6 Å². The third kappa shape index (κ3) is 10.9. The fourth-order valence-corrected chi connectivity index (χ4v) is 2.90. The molecule has 0 aliphatic carbocycles. The molecule has 134 valence electrons. The normalized spacial score (nSPS) is 13.3. The number of sulfone groups is 1. The Kier molecular flexibility index (Phi) is 11.8. The maximum absolute atomic E-state index is 10.9. The fourth-order valence-electron chi connectivity index (χ4n) is 1.70. The summed E-state index contributed by atoms with van der Waals surface area (Å²) in [6.07, 6.45) is 1.20. The summed E-state index contributed by atoms with van der Waals surface area (Å²) in [7, 11) is -1.23. The zero-order chi connectivity index (χ0) is 16.4. The summed E-state index contributed by atoms with van der Waals surface area (Å²) >= 11 is 1.75. The van der Waals surface area contributed by atoms with E-state index in [1.165, 1.54) is 11.1 Å². The van der Waals surface area contributed by atoms with E-state index in [-0.39, 0.29) is 36.3 Å². The Morgan fingerprint density at radius 1 is 1.39 bits per heavy atom. The largest absolute Gasteiger partial charge is 0.379 e. The molecule has 1 rings (SSSR count). The van der Waals surface area contributed by atoms with Gasteiger partial charge in [-0.25, -0.2) is 8.42 Å². The quantitative estimate of drug-likeness (QED) is 0.246. The molecule has 0 radical (unpaired) electrons. The second-order valence-electron chi connectivity index (χ2n) is 5.04. The van der Waals surface area contributed by atoms with Crippen LogP contribution in [0.25, 0.3) is 0 Å². The van der Waals surface area contributed by atoms with Gasteiger partial charge in [0.25, 0.3) is 0 Å². The van der Waals surface area contributed by atoms with Gasteiger partial charge in [-0.05, 0) is 11.4 Å². The molecule has 0 amide bonds. The average molecular weight is 475 g/mol. The van der Waals surface area contributed by atoms with E-state index in [9.17, 15) is 8.42 Å². The predicted octanol–water partition coefficient (Wildman–Crippen LogP) is 1.70. The lowest BCUT2D eigenvalue weighted by Crippen LogP contribution is -2.40. The first-order valence-corrected chi connectivity index (χ1v) is 10.1. The first-order valence-electron chi connectivity index (χ1n) is 7.15. The third-order valence-corrected chi connectivity index (χ3v) is 4.98. The number of thiophene rings is 1. The van der Waals surface area contributed by atoms with Crippen LogP contribution in [0.15, 0.2) is 22.5 Å². The average Bonchev–Trinajstić information content (AvgIpc) is 2.98. The molecular formula is C14H26IN3O3S2. The van der Waals surface area contributed by atoms with Crippen molar-refractivity contribution in [2.45, 2.75) is 12.8 Å². The van der Waals surface area contributed by atoms with Gasteiger partial charge in [-0.15, -0.1) is 35.3 Å². The van der Waals surface area contributed by atoms with Crippen molar-refractivity contribution in [1.29, 1.82) is 0 Å². The van der Waals surface area contributed by atoms with Crippen LogP contribution < -0.4 is 10.6 Å². The number of nitrogens with one attached hydrogen (secondary N) is 2. The molecule has 1 unspecified atom stereocenters. The molecule has 1 heterocycles. The van der Waals surface area contributed by atoms with E-state index in [1.54, 1.807) is 18.4 Å². The molecule has 0 bridgehead atoms. The Labute approximate surface area is 160 Å². The highest BCUT2D eigenvalue weighted by molar-refractivity contribution is 14.0. The number of nitrogens with zero attached hydrogens (tertiary/aromatic N) is 1. The second-order valence-corrected chi connectivity index (χ2v) is 8.28. The van der Waals surface area contributed by atoms with Crippen molar-refractivity contribution in [3.8, 4) is 0 Å². The number of aliphatic imine (C=N–C) groups is 1. The molecule has 6 nitrogen and oxygen atoms in total. The van der Waals surface area contributed by atoms with Crippen LogP contribution in [0.5, 0.6) is 0 Å². The molecule has 0 saturated carbocycles. The summed E-state index contributed by atoms with van der Waals surface area (Å²) in [6, 6.07) is 4.18. The van der Waals surface area contributed by atoms with Gasteiger partial charge in [-0.2, -0.15) is 0 Å². The number of hydrogen-bond donors (Lipinski definition) is 2. The van der Waals surface area contributed by atoms with E-state index >= 15 is 0 Å². The van der Waals surface area contributed by atoms with Crippen LogP contribution in [0.1, 0.15) is 17.7 Å². The van der Waals surface area contributed by atoms with Crippen molar-refractivity contribution in [3.05, 3.63) is 22.4 Å². The van der Waals surface area contributed by atoms with Crippen LogP contribution in [0.4, 0.5) is 0 Å². The minimum atomic E-state index is -2.95. The lowest BCUT2D eigenvalue weighted by atomic mass is 10.1. The first kappa shape index (κ1) is 22.6. The molecule has 0 spiro atoms. The summed E-state index contributed by atoms with van der Waals surface area (Å²) < 4.78 is 27.1. The van der Waals surface area contributed by atoms with Crippen LogP contribution >= 0.6 is 35.3 Å². The molecule has 1 aromatic heterocycles. The molecule has 9 heteroatoms. The van der Waals surface area contributed by atoms with Crippen LogP contribution in [-0.2, 0) is 14.6 Å². The van der Waals surface area contributed by atoms with Crippen molar-refractivity contribution in [2.75, 3.05) is 45.4 Å². The maximum atomic E-state index is 10.9. The highest BCUT2D eigenvalue weighted by Crippen LogP contribution is 2.19. The maximum Gasteiger partial charge on any atom is 0.191 e. The number of ether oxygens (including phenoxy) is 1. The Morgan fingerprint density at radius 3 is 2.70 bits per heavy atom. The fraction of sp³-hybridized carbons (Fsp3) is 0.643. The van der Waals surface area contributed by atoms with Gasteiger partial charge in [0.15, 0.2) is 5.96 Å². The van der Waals surface area contributed by atoms with Gasteiger partial charge in [0.1, 0.15) is 9.84 Å². The van der Waals surface area contributed by atoms with Gasteiger partial charge in [0, 0.05) is 37.2 Å². The van der Waals surface area contributed by atoms with E-state index in [4.69, 9.17) is 4.74 Å². The molecule has 0 aliphatic heterocycles. The van der Waals surface area contributed by atoms with Crippen molar-refractivity contribution >= 4 is 51.1 Å². The van der Waals surface area contributed by atoms with Crippen LogP contribution in [0.3, 0.4) is 0 Å². The Balaban J connectivity index is 0.00000484. The van der Waals surface area contributed by atoms with Gasteiger partial charge in [0.2, 0.25) is 0 Å². The van der Waals surface area contributed by atoms with Gasteiger partial charge < -0.3 is 15.4 Å². The summed E-state index contributed by atoms with van der Waals surface area (Å²) in [6.45, 7) is 4.21. The summed E-state index contributed by atoms with van der Waals surface area (Å²) in [5.41, 5.74) is 0. The SMILES string of the molecule is CN=C(NCCOCCS(C)(=O)=O)NCC(C)c1cccs1.I. The highest BCUT2D eigenvalue weighted by atomic mass is 127. The molecular weight excluding hydrogens is 449 g/mol. The van der Waals surface area contributed by atoms with E-state index < -0.39 is 9.84 Å². The molecule has 2 N–H and O–H groups in total. The van der Waals surface area contributed by atoms with E-state index in [1.807, 2.05) is 0 Å². The van der Waals surface area contributed by atoms with Crippen molar-refractivity contribution < 1.29 is 13.2 Å². The van der Waals surface area contributed by atoms with Gasteiger partial charge in [-0.3, -0.25) is 4.99 Å². The van der Waals surface area contributed by atoms with E-state index in [0.29, 0.717) is 19.1 Å². The lowest BCUT2D eigenvalue weighted by molar-refractivity contribution is 0.154. The predicted molar refractivity (Wildman–Crippen MR) is 108 cm³/mol. The van der Waals surface area contributed by atoms with E-state index in [0.717, 1.165) is 12.5 Å². The summed E-state index contributed by atoms with van der Waals surface area (Å²) in [5.74, 6) is 1.19. The Bertz CT molecular complexity index is 548. The van der Waals surface area contributed by atoms with Gasteiger partial charge in [0.05, 0.1) is 19.0 Å². The third-order valence-electron chi connectivity index (χ3n) is 2.97. The monoisotopic (exact) mass is 475 g/mol. The lowest BCUT2D eigenvalue weighted by Gasteiger charge is -2.15. The van der Waals surface area contributed by atoms with E-state index in [2.05, 4.69) is 40.1 Å². The molecule has 0 fully saturated rings. The van der Waals surface area contributed by atoms with Crippen LogP contribution in [0, 0.1) is 0 Å². The zero-order valence-electron chi connectivity index (χ0n) is 13.7. The number of rotatable bonds is 9. The molecule has 1 aromatic rings. The standard InChI is InChI=1S/C14H25N3O3S2.HI/c1-12(13-5-4-9-21-13)11-17-14(15-2)16-6-7-20-8-10-22(3,18)19;/h4-5,9,12H,6-8,10-11H2,1-3H3,(H2,15,16,17);1H. The van der Waals surface area contributed by atoms with Gasteiger partial charge in [-0.1, -0.05) is 13.0 Å². The molecule has 1 atom stereocenters. The second kappa shape index (κ2) is 12.0. The van der Waals surface area contributed by atoms with Gasteiger partial charge >= 0.3 is 0 Å². The Hall–Kier alpha value is -0.390. The Morgan fingerprint density at radius 2 is 2.13 bits per heavy atom. The van der Waals surface area contributed by atoms with Crippen LogP contribution in [0.2, 0.25) is 0 Å². The molecule has 0 saturated heterocycles. The number of halogens is 1. The molecule has 0 aromatic carbocycles. The van der Waals surface area contributed by atoms with Crippen LogP contribution in [-0.4, -0.2) is 59.7 Å². The number of guanidine groups is 1. The molecule has 0 aliphatic rings. The highest BCUT2D eigenvalue weighted by Gasteiger charge is 2.07. The minimum Gasteiger partial charge on any atom is -0.379 e. The minimum absolute atomic E-state index is 0. The zero-order valence-corrected chi connectivity index (χ0v) is 17.7. The van der Waals surface area contributed by atoms with Crippen molar-refractivity contribution in [2.24, 2.45) is 4.99 Å². The smallest absolute Gasteiger partial charge is 0.191 e. The molecule has 23 heavy (non-hydrogen) atoms. The first-order chi connectivity index (χ1) is 10.4.